The zero-order chi connectivity index (χ0) is 21.0. The van der Waals surface area contributed by atoms with Crippen LogP contribution >= 0.6 is 0 Å². The lowest BCUT2D eigenvalue weighted by atomic mass is 9.98. The van der Waals surface area contributed by atoms with Crippen LogP contribution in [0.4, 0.5) is 11.6 Å². The average molecular weight is 395 g/mol. The Bertz CT molecular complexity index is 870. The largest absolute Gasteiger partial charge is 0.366 e. The van der Waals surface area contributed by atoms with E-state index in [1.165, 1.54) is 34.9 Å². The lowest BCUT2D eigenvalue weighted by Crippen LogP contribution is -2.41. The van der Waals surface area contributed by atoms with E-state index < -0.39 is 5.91 Å². The van der Waals surface area contributed by atoms with Gasteiger partial charge in [-0.3, -0.25) is 9.80 Å². The van der Waals surface area contributed by atoms with Crippen LogP contribution in [0.3, 0.4) is 0 Å². The Balaban J connectivity index is 1.76. The van der Waals surface area contributed by atoms with E-state index in [0.717, 1.165) is 32.4 Å². The van der Waals surface area contributed by atoms with E-state index in [-0.39, 0.29) is 5.92 Å². The number of hydrazone groups is 1. The van der Waals surface area contributed by atoms with Gasteiger partial charge < -0.3 is 10.6 Å². The van der Waals surface area contributed by atoms with E-state index in [0.29, 0.717) is 11.5 Å². The Kier molecular flexibility index (Phi) is 6.46. The van der Waals surface area contributed by atoms with Gasteiger partial charge in [-0.25, -0.2) is 9.97 Å². The maximum absolute atomic E-state index is 11.2. The molecule has 3 rings (SSSR count). The quantitative estimate of drug-likeness (QED) is 0.761. The molecule has 0 radical (unpaired) electrons. The van der Waals surface area contributed by atoms with Crippen molar-refractivity contribution in [3.05, 3.63) is 47.3 Å². The van der Waals surface area contributed by atoms with Crippen LogP contribution in [0.5, 0.6) is 0 Å². The van der Waals surface area contributed by atoms with E-state index in [2.05, 4.69) is 58.8 Å². The molecular weight excluding hydrogens is 364 g/mol. The number of carbonyl (C=O) groups is 1. The number of aryl methyl sites for hydroxylation is 2. The van der Waals surface area contributed by atoms with Crippen LogP contribution in [0.2, 0.25) is 0 Å². The van der Waals surface area contributed by atoms with Crippen LogP contribution in [0.15, 0.2) is 35.7 Å². The molecule has 1 fully saturated rings. The van der Waals surface area contributed by atoms with Crippen LogP contribution < -0.4 is 15.6 Å². The molecule has 2 heterocycles. The molecule has 1 unspecified atom stereocenters. The second kappa shape index (κ2) is 9.03. The average Bonchev–Trinajstić information content (AvgIpc) is 2.74. The summed E-state index contributed by atoms with van der Waals surface area (Å²) >= 11 is 0. The Labute approximate surface area is 172 Å². The number of nitrogens with zero attached hydrogens (tertiary/aromatic N) is 5. The summed E-state index contributed by atoms with van der Waals surface area (Å²) < 4.78 is 0. The van der Waals surface area contributed by atoms with Crippen molar-refractivity contribution in [2.45, 2.75) is 40.0 Å². The van der Waals surface area contributed by atoms with Gasteiger partial charge in [0, 0.05) is 50.6 Å². The zero-order valence-electron chi connectivity index (χ0n) is 17.7. The zero-order valence-corrected chi connectivity index (χ0v) is 17.7. The Morgan fingerprint density at radius 2 is 1.86 bits per heavy atom. The van der Waals surface area contributed by atoms with Crippen molar-refractivity contribution >= 4 is 23.3 Å². The molecule has 7 nitrogen and oxygen atoms in total. The third kappa shape index (κ3) is 4.55. The molecule has 1 aliphatic heterocycles. The first-order valence-corrected chi connectivity index (χ1v) is 10.2. The van der Waals surface area contributed by atoms with E-state index in [4.69, 9.17) is 10.8 Å². The number of rotatable bonds is 6. The van der Waals surface area contributed by atoms with Gasteiger partial charge in [-0.15, -0.1) is 0 Å². The van der Waals surface area contributed by atoms with Crippen molar-refractivity contribution in [2.75, 3.05) is 30.0 Å². The van der Waals surface area contributed by atoms with Crippen LogP contribution in [-0.2, 0) is 12.8 Å². The Morgan fingerprint density at radius 1 is 1.24 bits per heavy atom. The molecule has 2 N–H and O–H groups in total. The minimum absolute atomic E-state index is 0.282. The number of anilines is 2. The van der Waals surface area contributed by atoms with E-state index in [1.54, 1.807) is 0 Å². The molecule has 29 heavy (non-hydrogen) atoms. The number of carbonyl (C=O) groups excluding carboxylic acids is 1. The minimum atomic E-state index is -0.514. The maximum atomic E-state index is 11.2. The summed E-state index contributed by atoms with van der Waals surface area (Å²) in [5, 5.41) is 7.04. The summed E-state index contributed by atoms with van der Waals surface area (Å²) in [5.74, 6) is 0.392. The molecule has 1 saturated heterocycles. The van der Waals surface area contributed by atoms with Crippen LogP contribution in [0.25, 0.3) is 0 Å². The van der Waals surface area contributed by atoms with Crippen molar-refractivity contribution in [1.82, 2.24) is 9.97 Å². The molecule has 1 aliphatic rings. The smallest absolute Gasteiger partial charge is 0.251 e. The fraction of sp³-hybridized carbons (Fsp3) is 0.455. The molecule has 0 saturated carbocycles. The van der Waals surface area contributed by atoms with E-state index >= 15 is 0 Å². The molecule has 0 spiro atoms. The van der Waals surface area contributed by atoms with E-state index in [9.17, 15) is 4.79 Å². The van der Waals surface area contributed by atoms with Gasteiger partial charge in [0.15, 0.2) is 0 Å². The summed E-state index contributed by atoms with van der Waals surface area (Å²) in [4.78, 5) is 21.9. The van der Waals surface area contributed by atoms with Crippen LogP contribution in [-0.4, -0.2) is 41.7 Å². The van der Waals surface area contributed by atoms with Gasteiger partial charge in [-0.1, -0.05) is 39.0 Å². The number of nitrogens with two attached hydrogens (primary N) is 1. The fourth-order valence-electron chi connectivity index (χ4n) is 3.84. The van der Waals surface area contributed by atoms with Gasteiger partial charge in [0.1, 0.15) is 0 Å². The van der Waals surface area contributed by atoms with Gasteiger partial charge in [-0.2, -0.15) is 5.10 Å². The minimum Gasteiger partial charge on any atom is -0.366 e. The van der Waals surface area contributed by atoms with Gasteiger partial charge in [0.2, 0.25) is 5.95 Å². The standard InChI is InChI=1S/C22H30N6O/c1-5-16-8-7-9-17(6-2)20(16)27(4)26-19-10-11-28(14-15(19)3)22-24-12-18(13-25-22)21(23)29/h7-9,12-13,15H,5-6,10-11,14H2,1-4H3,(H2,23,29)/b26-19-. The highest BCUT2D eigenvalue weighted by atomic mass is 16.1. The fourth-order valence-corrected chi connectivity index (χ4v) is 3.84. The van der Waals surface area contributed by atoms with E-state index in [1.807, 2.05) is 7.05 Å². The lowest BCUT2D eigenvalue weighted by molar-refractivity contribution is 0.0999. The molecule has 2 aromatic rings. The first-order chi connectivity index (χ1) is 13.9. The summed E-state index contributed by atoms with van der Waals surface area (Å²) in [6.07, 6.45) is 5.80. The maximum Gasteiger partial charge on any atom is 0.251 e. The van der Waals surface area contributed by atoms with Gasteiger partial charge in [0.05, 0.1) is 11.3 Å². The number of aromatic nitrogens is 2. The van der Waals surface area contributed by atoms with Crippen molar-refractivity contribution in [3.8, 4) is 0 Å². The highest BCUT2D eigenvalue weighted by Crippen LogP contribution is 2.27. The Morgan fingerprint density at radius 3 is 2.38 bits per heavy atom. The summed E-state index contributed by atoms with van der Waals surface area (Å²) in [7, 11) is 2.05. The normalized spacial score (nSPS) is 18.1. The molecule has 7 heteroatoms. The molecule has 154 valence electrons. The SMILES string of the molecule is CCc1cccc(CC)c1N(C)/N=C1/CCN(c2ncc(C(N)=O)cn2)CC1C. The molecule has 0 aliphatic carbocycles. The Hall–Kier alpha value is -2.96. The van der Waals surface area contributed by atoms with Gasteiger partial charge >= 0.3 is 0 Å². The number of amides is 1. The highest BCUT2D eigenvalue weighted by Gasteiger charge is 2.25. The topological polar surface area (TPSA) is 87.7 Å². The predicted octanol–water partition coefficient (Wildman–Crippen LogP) is 3.04. The molecule has 1 atom stereocenters. The number of hydrogen-bond acceptors (Lipinski definition) is 6. The summed E-state index contributed by atoms with van der Waals surface area (Å²) in [6.45, 7) is 8.14. The van der Waals surface area contributed by atoms with Crippen molar-refractivity contribution in [1.29, 1.82) is 0 Å². The number of piperidine rings is 1. The number of para-hydroxylation sites is 1. The number of primary amides is 1. The predicted molar refractivity (Wildman–Crippen MR) is 118 cm³/mol. The second-order valence-corrected chi connectivity index (χ2v) is 7.48. The third-order valence-corrected chi connectivity index (χ3v) is 5.47. The molecular formula is C22H30N6O. The third-order valence-electron chi connectivity index (χ3n) is 5.47. The summed E-state index contributed by atoms with van der Waals surface area (Å²) in [6, 6.07) is 6.50. The van der Waals surface area contributed by atoms with Crippen molar-refractivity contribution < 1.29 is 4.79 Å². The number of benzene rings is 1. The number of hydrogen-bond donors (Lipinski definition) is 1. The lowest BCUT2D eigenvalue weighted by Gasteiger charge is -2.33. The summed E-state index contributed by atoms with van der Waals surface area (Å²) in [5.41, 5.74) is 10.6. The second-order valence-electron chi connectivity index (χ2n) is 7.48. The molecule has 0 bridgehead atoms. The molecule has 1 amide bonds. The van der Waals surface area contributed by atoms with Crippen LogP contribution in [0.1, 0.15) is 48.7 Å². The first-order valence-electron chi connectivity index (χ1n) is 10.2. The van der Waals surface area contributed by atoms with Crippen molar-refractivity contribution in [3.63, 3.8) is 0 Å². The molecule has 1 aromatic carbocycles. The first kappa shape index (κ1) is 20.8. The molecule has 1 aromatic heterocycles. The van der Waals surface area contributed by atoms with Crippen molar-refractivity contribution in [2.24, 2.45) is 16.8 Å². The monoisotopic (exact) mass is 394 g/mol. The van der Waals surface area contributed by atoms with Gasteiger partial charge in [-0.05, 0) is 24.0 Å². The van der Waals surface area contributed by atoms with Gasteiger partial charge in [0.25, 0.3) is 5.91 Å². The van der Waals surface area contributed by atoms with Crippen LogP contribution in [0, 0.1) is 5.92 Å². The highest BCUT2D eigenvalue weighted by molar-refractivity contribution is 5.92.